The van der Waals surface area contributed by atoms with E-state index in [4.69, 9.17) is 0 Å². The van der Waals surface area contributed by atoms with E-state index in [0.717, 1.165) is 0 Å². The van der Waals surface area contributed by atoms with Crippen molar-refractivity contribution in [2.45, 2.75) is 12.0 Å². The Morgan fingerprint density at radius 2 is 1.62 bits per heavy atom. The average Bonchev–Trinajstić information content (AvgIpc) is 3.01. The molecule has 24 heavy (non-hydrogen) atoms. The molecule has 0 saturated carbocycles. The molecule has 2 heteroatoms. The molecule has 1 aromatic rings. The number of para-hydroxylation sites is 1. The lowest BCUT2D eigenvalue weighted by atomic mass is 9.67. The largest absolute Gasteiger partial charge is 0.380 e. The molecule has 1 aromatic carbocycles. The van der Waals surface area contributed by atoms with Crippen molar-refractivity contribution in [3.8, 4) is 0 Å². The molecule has 0 bridgehead atoms. The SMILES string of the molecule is C1=CC2C=CC=C3C4=CC=C5Nc6ccccc6C5C4NC(=C1)C32. The Kier molecular flexibility index (Phi) is 2.33. The number of fused-ring (bicyclic) bond motifs is 6. The van der Waals surface area contributed by atoms with Crippen LogP contribution in [0, 0.1) is 11.8 Å². The summed E-state index contributed by atoms with van der Waals surface area (Å²) in [6.45, 7) is 0. The van der Waals surface area contributed by atoms with Crippen molar-refractivity contribution in [3.63, 3.8) is 0 Å². The van der Waals surface area contributed by atoms with E-state index in [1.54, 1.807) is 0 Å². The van der Waals surface area contributed by atoms with Gasteiger partial charge in [-0.3, -0.25) is 0 Å². The summed E-state index contributed by atoms with van der Waals surface area (Å²) in [5.41, 5.74) is 8.27. The summed E-state index contributed by atoms with van der Waals surface area (Å²) < 4.78 is 0. The van der Waals surface area contributed by atoms with Crippen LogP contribution >= 0.6 is 0 Å². The monoisotopic (exact) mass is 310 g/mol. The molecule has 4 unspecified atom stereocenters. The van der Waals surface area contributed by atoms with Crippen LogP contribution in [0.15, 0.2) is 95.4 Å². The average molecular weight is 310 g/mol. The molecule has 2 aliphatic heterocycles. The molecular weight excluding hydrogens is 292 g/mol. The zero-order valence-electron chi connectivity index (χ0n) is 13.2. The molecule has 5 aliphatic rings. The number of hydrogen-bond donors (Lipinski definition) is 2. The summed E-state index contributed by atoms with van der Waals surface area (Å²) in [7, 11) is 0. The second-order valence-electron chi connectivity index (χ2n) is 7.12. The molecular formula is C22H18N2. The first-order valence-electron chi connectivity index (χ1n) is 8.71. The van der Waals surface area contributed by atoms with Gasteiger partial charge < -0.3 is 10.6 Å². The summed E-state index contributed by atoms with van der Waals surface area (Å²) >= 11 is 0. The van der Waals surface area contributed by atoms with E-state index in [9.17, 15) is 0 Å². The minimum absolute atomic E-state index is 0.313. The predicted molar refractivity (Wildman–Crippen MR) is 97.3 cm³/mol. The van der Waals surface area contributed by atoms with Crippen LogP contribution in [0.2, 0.25) is 0 Å². The fourth-order valence-electron chi connectivity index (χ4n) is 4.93. The quantitative estimate of drug-likeness (QED) is 0.751. The Labute approximate surface area is 141 Å². The van der Waals surface area contributed by atoms with Crippen molar-refractivity contribution in [1.82, 2.24) is 5.32 Å². The molecule has 3 aliphatic carbocycles. The van der Waals surface area contributed by atoms with Gasteiger partial charge in [-0.1, -0.05) is 54.7 Å². The maximum absolute atomic E-state index is 3.88. The molecule has 116 valence electrons. The highest BCUT2D eigenvalue weighted by Crippen LogP contribution is 2.51. The summed E-state index contributed by atoms with van der Waals surface area (Å²) in [5, 5.41) is 7.49. The molecule has 6 rings (SSSR count). The first kappa shape index (κ1) is 12.7. The second-order valence-corrected chi connectivity index (χ2v) is 7.12. The third kappa shape index (κ3) is 1.51. The van der Waals surface area contributed by atoms with Crippen LogP contribution < -0.4 is 10.6 Å². The molecule has 4 atom stereocenters. The molecule has 0 radical (unpaired) electrons. The van der Waals surface area contributed by atoms with Crippen molar-refractivity contribution < 1.29 is 0 Å². The van der Waals surface area contributed by atoms with Crippen molar-refractivity contribution in [1.29, 1.82) is 0 Å². The number of allylic oxidation sites excluding steroid dienone is 9. The van der Waals surface area contributed by atoms with E-state index < -0.39 is 0 Å². The fourth-order valence-corrected chi connectivity index (χ4v) is 4.93. The van der Waals surface area contributed by atoms with Gasteiger partial charge in [0.05, 0.1) is 12.0 Å². The lowest BCUT2D eigenvalue weighted by Gasteiger charge is -2.45. The van der Waals surface area contributed by atoms with Crippen LogP contribution in [0.3, 0.4) is 0 Å². The van der Waals surface area contributed by atoms with Crippen molar-refractivity contribution in [2.24, 2.45) is 11.8 Å². The van der Waals surface area contributed by atoms with Crippen LogP contribution in [-0.2, 0) is 0 Å². The van der Waals surface area contributed by atoms with Gasteiger partial charge in [-0.2, -0.15) is 0 Å². The fraction of sp³-hybridized carbons (Fsp3) is 0.182. The smallest absolute Gasteiger partial charge is 0.0638 e. The number of rotatable bonds is 0. The van der Waals surface area contributed by atoms with Gasteiger partial charge in [0.2, 0.25) is 0 Å². The van der Waals surface area contributed by atoms with Crippen LogP contribution in [-0.4, -0.2) is 6.04 Å². The van der Waals surface area contributed by atoms with Crippen LogP contribution in [0.25, 0.3) is 0 Å². The van der Waals surface area contributed by atoms with Gasteiger partial charge in [-0.15, -0.1) is 0 Å². The predicted octanol–water partition coefficient (Wildman–Crippen LogP) is 4.17. The molecule has 2 nitrogen and oxygen atoms in total. The molecule has 0 amide bonds. The zero-order valence-corrected chi connectivity index (χ0v) is 13.2. The number of nitrogens with one attached hydrogen (secondary N) is 2. The van der Waals surface area contributed by atoms with Crippen molar-refractivity contribution >= 4 is 5.69 Å². The minimum Gasteiger partial charge on any atom is -0.380 e. The van der Waals surface area contributed by atoms with E-state index >= 15 is 0 Å². The van der Waals surface area contributed by atoms with Crippen LogP contribution in [0.1, 0.15) is 11.5 Å². The molecule has 0 spiro atoms. The maximum atomic E-state index is 3.88. The van der Waals surface area contributed by atoms with Gasteiger partial charge in [0.15, 0.2) is 0 Å². The Hall–Kier alpha value is -2.74. The van der Waals surface area contributed by atoms with Crippen LogP contribution in [0.5, 0.6) is 0 Å². The first-order valence-corrected chi connectivity index (χ1v) is 8.71. The van der Waals surface area contributed by atoms with Crippen molar-refractivity contribution in [2.75, 3.05) is 5.32 Å². The Bertz CT molecular complexity index is 938. The molecule has 0 aromatic heterocycles. The number of hydrogen-bond acceptors (Lipinski definition) is 2. The van der Waals surface area contributed by atoms with Gasteiger partial charge in [0, 0.05) is 28.9 Å². The maximum Gasteiger partial charge on any atom is 0.0638 e. The van der Waals surface area contributed by atoms with E-state index in [2.05, 4.69) is 83.5 Å². The number of piperidine rings is 1. The molecule has 2 N–H and O–H groups in total. The summed E-state index contributed by atoms with van der Waals surface area (Å²) in [6.07, 6.45) is 18.2. The number of anilines is 1. The highest BCUT2D eigenvalue weighted by atomic mass is 15.0. The summed E-state index contributed by atoms with van der Waals surface area (Å²) in [4.78, 5) is 0. The summed E-state index contributed by atoms with van der Waals surface area (Å²) in [5.74, 6) is 1.32. The van der Waals surface area contributed by atoms with E-state index in [1.165, 1.54) is 33.8 Å². The first-order chi connectivity index (χ1) is 11.9. The lowest BCUT2D eigenvalue weighted by molar-refractivity contribution is 0.445. The van der Waals surface area contributed by atoms with Gasteiger partial charge in [0.1, 0.15) is 0 Å². The lowest BCUT2D eigenvalue weighted by Crippen LogP contribution is -2.47. The van der Waals surface area contributed by atoms with E-state index in [0.29, 0.717) is 23.8 Å². The Balaban J connectivity index is 1.53. The van der Waals surface area contributed by atoms with Gasteiger partial charge in [-0.05, 0) is 34.9 Å². The summed E-state index contributed by atoms with van der Waals surface area (Å²) in [6, 6.07) is 9.01. The minimum atomic E-state index is 0.313. The Morgan fingerprint density at radius 1 is 0.750 bits per heavy atom. The van der Waals surface area contributed by atoms with E-state index in [1.807, 2.05) is 0 Å². The third-order valence-electron chi connectivity index (χ3n) is 5.95. The van der Waals surface area contributed by atoms with Crippen LogP contribution in [0.4, 0.5) is 5.69 Å². The molecule has 1 saturated heterocycles. The van der Waals surface area contributed by atoms with E-state index in [-0.39, 0.29) is 0 Å². The normalized spacial score (nSPS) is 33.5. The highest BCUT2D eigenvalue weighted by molar-refractivity contribution is 5.70. The topological polar surface area (TPSA) is 24.1 Å². The third-order valence-corrected chi connectivity index (χ3v) is 5.95. The molecule has 1 fully saturated rings. The zero-order chi connectivity index (χ0) is 15.7. The Morgan fingerprint density at radius 3 is 2.58 bits per heavy atom. The molecule has 2 heterocycles. The second kappa shape index (κ2) is 4.41. The van der Waals surface area contributed by atoms with Gasteiger partial charge >= 0.3 is 0 Å². The van der Waals surface area contributed by atoms with Gasteiger partial charge in [0.25, 0.3) is 0 Å². The number of benzene rings is 1. The van der Waals surface area contributed by atoms with Gasteiger partial charge in [-0.25, -0.2) is 0 Å². The standard InChI is InChI=1S/C22H18N2/c1-2-9-17-16(7-1)21-19(23-17)12-11-15-14-8-3-5-13-6-4-10-18(20(13)14)24-22(15)21/h1-13,20-24H. The van der Waals surface area contributed by atoms with Crippen molar-refractivity contribution in [3.05, 3.63) is 101 Å². The highest BCUT2D eigenvalue weighted by Gasteiger charge is 2.45.